The van der Waals surface area contributed by atoms with Crippen molar-refractivity contribution in [3.63, 3.8) is 0 Å². The van der Waals surface area contributed by atoms with Crippen molar-refractivity contribution in [2.45, 2.75) is 13.8 Å². The summed E-state index contributed by atoms with van der Waals surface area (Å²) in [6.45, 7) is 4.24. The molecule has 4 aromatic rings. The quantitative estimate of drug-likeness (QED) is 0.222. The molecule has 0 radical (unpaired) electrons. The van der Waals surface area contributed by atoms with E-state index in [-0.39, 0.29) is 12.5 Å². The molecule has 1 N–H and O–H groups in total. The van der Waals surface area contributed by atoms with Crippen LogP contribution in [-0.2, 0) is 9.53 Å². The van der Waals surface area contributed by atoms with E-state index in [2.05, 4.69) is 76.6 Å². The van der Waals surface area contributed by atoms with Crippen molar-refractivity contribution in [1.29, 1.82) is 0 Å². The van der Waals surface area contributed by atoms with Crippen LogP contribution in [0.3, 0.4) is 0 Å². The number of aryl methyl sites for hydroxylation is 1. The van der Waals surface area contributed by atoms with Gasteiger partial charge in [-0.2, -0.15) is 5.10 Å². The smallest absolute Gasteiger partial charge is 0.327 e. The molecule has 4 rings (SSSR count). The zero-order valence-electron chi connectivity index (χ0n) is 18.9. The summed E-state index contributed by atoms with van der Waals surface area (Å²) in [6.07, 6.45) is 1.76. The van der Waals surface area contributed by atoms with E-state index >= 15 is 0 Å². The van der Waals surface area contributed by atoms with Crippen LogP contribution >= 0.6 is 0 Å². The Hall–Kier alpha value is -4.12. The molecule has 0 saturated carbocycles. The van der Waals surface area contributed by atoms with Gasteiger partial charge in [0.2, 0.25) is 0 Å². The van der Waals surface area contributed by atoms with Crippen LogP contribution in [0.2, 0.25) is 0 Å². The Morgan fingerprint density at radius 3 is 2.21 bits per heavy atom. The van der Waals surface area contributed by atoms with Gasteiger partial charge >= 0.3 is 5.97 Å². The zero-order chi connectivity index (χ0) is 23.0. The van der Waals surface area contributed by atoms with Gasteiger partial charge in [-0.05, 0) is 43.2 Å². The van der Waals surface area contributed by atoms with E-state index in [9.17, 15) is 4.79 Å². The Kier molecular flexibility index (Phi) is 7.00. The van der Waals surface area contributed by atoms with E-state index < -0.39 is 0 Å². The van der Waals surface area contributed by atoms with Gasteiger partial charge in [-0.15, -0.1) is 0 Å². The summed E-state index contributed by atoms with van der Waals surface area (Å²) in [7, 11) is 0. The van der Waals surface area contributed by atoms with Gasteiger partial charge in [0.05, 0.1) is 24.2 Å². The van der Waals surface area contributed by atoms with Crippen LogP contribution in [0.5, 0.6) is 0 Å². The highest BCUT2D eigenvalue weighted by Crippen LogP contribution is 2.35. The predicted octanol–water partition coefficient (Wildman–Crippen LogP) is 5.61. The van der Waals surface area contributed by atoms with Gasteiger partial charge in [0.15, 0.2) is 0 Å². The van der Waals surface area contributed by atoms with E-state index in [0.29, 0.717) is 6.61 Å². The minimum Gasteiger partial charge on any atom is -0.465 e. The molecule has 1 aromatic heterocycles. The normalized spacial score (nSPS) is 11.0. The number of nitrogens with one attached hydrogen (secondary N) is 1. The van der Waals surface area contributed by atoms with Crippen LogP contribution in [0.25, 0.3) is 28.2 Å². The summed E-state index contributed by atoms with van der Waals surface area (Å²) in [5, 5.41) is 4.32. The Morgan fingerprint density at radius 1 is 0.939 bits per heavy atom. The minimum atomic E-state index is -0.333. The Labute approximate surface area is 194 Å². The number of carbonyl (C=O) groups is 1. The molecule has 0 unspecified atom stereocenters. The van der Waals surface area contributed by atoms with Gasteiger partial charge in [0.25, 0.3) is 0 Å². The van der Waals surface area contributed by atoms with Crippen LogP contribution in [0.1, 0.15) is 18.1 Å². The maximum atomic E-state index is 11.6. The second kappa shape index (κ2) is 10.5. The first-order chi connectivity index (χ1) is 16.2. The second-order valence-corrected chi connectivity index (χ2v) is 7.63. The largest absolute Gasteiger partial charge is 0.465 e. The van der Waals surface area contributed by atoms with Crippen molar-refractivity contribution in [3.05, 3.63) is 102 Å². The first-order valence-electron chi connectivity index (χ1n) is 11.0. The molecule has 0 aliphatic rings. The molecule has 0 aliphatic carbocycles. The lowest BCUT2D eigenvalue weighted by molar-refractivity contribution is -0.141. The highest BCUT2D eigenvalue weighted by Gasteiger charge is 2.18. The lowest BCUT2D eigenvalue weighted by atomic mass is 10.1. The second-order valence-electron chi connectivity index (χ2n) is 7.63. The Morgan fingerprint density at radius 2 is 1.58 bits per heavy atom. The summed E-state index contributed by atoms with van der Waals surface area (Å²) in [4.78, 5) is 11.6. The summed E-state index contributed by atoms with van der Waals surface area (Å²) in [5.41, 5.74) is 10.3. The fraction of sp³-hybridized carbons (Fsp3) is 0.143. The third-order valence-corrected chi connectivity index (χ3v) is 5.26. The average molecular weight is 438 g/mol. The molecule has 0 spiro atoms. The molecular weight excluding hydrogens is 410 g/mol. The van der Waals surface area contributed by atoms with Crippen molar-refractivity contribution in [2.75, 3.05) is 13.2 Å². The number of benzene rings is 3. The third-order valence-electron chi connectivity index (χ3n) is 5.26. The SMILES string of the molecule is CCOC(=O)CN/N=C/c1cc(-c2ccccc2)n(-c2ccc(C)cc2)c1-c1ccccc1. The summed E-state index contributed by atoms with van der Waals surface area (Å²) >= 11 is 0. The van der Waals surface area contributed by atoms with Crippen molar-refractivity contribution >= 4 is 12.2 Å². The van der Waals surface area contributed by atoms with Gasteiger partial charge in [-0.25, -0.2) is 0 Å². The average Bonchev–Trinajstić information content (AvgIpc) is 3.23. The van der Waals surface area contributed by atoms with Gasteiger partial charge in [-0.3, -0.25) is 10.2 Å². The maximum absolute atomic E-state index is 11.6. The molecule has 0 aliphatic heterocycles. The molecule has 0 fully saturated rings. The molecule has 0 amide bonds. The standard InChI is InChI=1S/C28H27N3O2/c1-3-33-27(32)20-30-29-19-24-18-26(22-10-6-4-7-11-22)31(25-16-14-21(2)15-17-25)28(24)23-12-8-5-9-13-23/h4-19,30H,3,20H2,1-2H3/b29-19+. The molecule has 0 atom stereocenters. The fourth-order valence-corrected chi connectivity index (χ4v) is 3.74. The number of hydrazone groups is 1. The zero-order valence-corrected chi connectivity index (χ0v) is 18.9. The van der Waals surface area contributed by atoms with Crippen LogP contribution in [0, 0.1) is 6.92 Å². The number of rotatable bonds is 8. The van der Waals surface area contributed by atoms with Crippen molar-refractivity contribution in [2.24, 2.45) is 5.10 Å². The van der Waals surface area contributed by atoms with E-state index in [1.807, 2.05) is 36.4 Å². The molecule has 3 aromatic carbocycles. The van der Waals surface area contributed by atoms with E-state index in [0.717, 1.165) is 33.8 Å². The van der Waals surface area contributed by atoms with Crippen LogP contribution in [0.15, 0.2) is 96.1 Å². The van der Waals surface area contributed by atoms with Gasteiger partial charge in [-0.1, -0.05) is 78.4 Å². The number of esters is 1. The van der Waals surface area contributed by atoms with Crippen molar-refractivity contribution in [1.82, 2.24) is 9.99 Å². The Bertz CT molecular complexity index is 1230. The molecule has 33 heavy (non-hydrogen) atoms. The monoisotopic (exact) mass is 437 g/mol. The van der Waals surface area contributed by atoms with Gasteiger partial charge in [0, 0.05) is 11.3 Å². The molecule has 166 valence electrons. The summed E-state index contributed by atoms with van der Waals surface area (Å²) < 4.78 is 7.22. The first-order valence-corrected chi connectivity index (χ1v) is 11.0. The first kappa shape index (κ1) is 22.1. The van der Waals surface area contributed by atoms with E-state index in [1.165, 1.54) is 5.56 Å². The molecule has 5 nitrogen and oxygen atoms in total. The molecule has 0 saturated heterocycles. The summed E-state index contributed by atoms with van der Waals surface area (Å²) in [6, 6.07) is 31.2. The third kappa shape index (κ3) is 5.21. The van der Waals surface area contributed by atoms with Crippen LogP contribution in [-0.4, -0.2) is 29.9 Å². The van der Waals surface area contributed by atoms with Gasteiger partial charge < -0.3 is 9.30 Å². The number of ether oxygens (including phenoxy) is 1. The molecule has 1 heterocycles. The van der Waals surface area contributed by atoms with E-state index in [1.54, 1.807) is 13.1 Å². The predicted molar refractivity (Wildman–Crippen MR) is 134 cm³/mol. The number of aromatic nitrogens is 1. The highest BCUT2D eigenvalue weighted by molar-refractivity contribution is 5.93. The summed E-state index contributed by atoms with van der Waals surface area (Å²) in [5.74, 6) is -0.333. The van der Waals surface area contributed by atoms with E-state index in [4.69, 9.17) is 4.74 Å². The molecule has 5 heteroatoms. The highest BCUT2D eigenvalue weighted by atomic mass is 16.5. The molecular formula is C28H27N3O2. The molecule has 0 bridgehead atoms. The number of carbonyl (C=O) groups excluding carboxylic acids is 1. The number of hydrogen-bond donors (Lipinski definition) is 1. The Balaban J connectivity index is 1.85. The minimum absolute atomic E-state index is 0.0230. The van der Waals surface area contributed by atoms with Crippen molar-refractivity contribution in [3.8, 4) is 28.2 Å². The fourth-order valence-electron chi connectivity index (χ4n) is 3.74. The maximum Gasteiger partial charge on any atom is 0.327 e. The van der Waals surface area contributed by atoms with Crippen LogP contribution in [0.4, 0.5) is 0 Å². The lowest BCUT2D eigenvalue weighted by Crippen LogP contribution is -2.20. The lowest BCUT2D eigenvalue weighted by Gasteiger charge is -2.15. The topological polar surface area (TPSA) is 55.6 Å². The number of nitrogens with zero attached hydrogens (tertiary/aromatic N) is 2. The van der Waals surface area contributed by atoms with Gasteiger partial charge in [0.1, 0.15) is 6.54 Å². The number of hydrogen-bond acceptors (Lipinski definition) is 4. The van der Waals surface area contributed by atoms with Crippen molar-refractivity contribution < 1.29 is 9.53 Å². The van der Waals surface area contributed by atoms with Crippen LogP contribution < -0.4 is 5.43 Å².